The van der Waals surface area contributed by atoms with E-state index in [9.17, 15) is 0 Å². The predicted molar refractivity (Wildman–Crippen MR) is 143 cm³/mol. The van der Waals surface area contributed by atoms with Gasteiger partial charge in [0.1, 0.15) is 11.3 Å². The fourth-order valence-electron chi connectivity index (χ4n) is 5.81. The van der Waals surface area contributed by atoms with Crippen LogP contribution in [0.5, 0.6) is 0 Å². The van der Waals surface area contributed by atoms with Crippen molar-refractivity contribution in [1.29, 1.82) is 0 Å². The van der Waals surface area contributed by atoms with Gasteiger partial charge in [0, 0.05) is 53.6 Å². The van der Waals surface area contributed by atoms with Crippen LogP contribution < -0.4 is 36.8 Å². The maximum Gasteiger partial charge on any atom is 0.162 e. The van der Waals surface area contributed by atoms with Gasteiger partial charge in [0.15, 0.2) is 5.82 Å². The lowest BCUT2D eigenvalue weighted by molar-refractivity contribution is 0.214. The molecule has 2 aromatic heterocycles. The van der Waals surface area contributed by atoms with Crippen LogP contribution in [-0.2, 0) is 0 Å². The number of piperidine rings is 1. The van der Waals surface area contributed by atoms with E-state index in [4.69, 9.17) is 15.0 Å². The molecule has 0 radical (unpaired) electrons. The van der Waals surface area contributed by atoms with Crippen LogP contribution in [0.2, 0.25) is 0 Å². The first kappa shape index (κ1) is 23.8. The number of nitrogens with one attached hydrogen (secondary N) is 3. The Hall–Kier alpha value is -2.93. The van der Waals surface area contributed by atoms with Crippen molar-refractivity contribution in [2.45, 2.75) is 54.0 Å². The minimum Gasteiger partial charge on any atom is -0.383 e. The maximum absolute atomic E-state index is 5.36. The standard InChI is InChI=1S/C28H39N7/c1-16(2)21-14-31-18(4)24-23(21)27(35(7)22-10-12-29-15-28(22,5)6)34-26(33-24)19-9-8-11-30-25-20(19)13-17(3)32-25/h8-9,13,16,22,29,31H,10-12,14-15H2,1-7H3,(H,30,32). The lowest BCUT2D eigenvalue weighted by Gasteiger charge is -2.45. The maximum atomic E-state index is 5.36. The number of aromatic nitrogens is 3. The van der Waals surface area contributed by atoms with E-state index in [1.54, 1.807) is 0 Å². The zero-order valence-corrected chi connectivity index (χ0v) is 22.2. The second-order valence-electron chi connectivity index (χ2n) is 11.2. The number of hydrogen-bond donors (Lipinski definition) is 3. The minimum atomic E-state index is 0.133. The molecule has 1 unspecified atom stereocenters. The van der Waals surface area contributed by atoms with Gasteiger partial charge in [-0.05, 0) is 49.8 Å². The predicted octanol–water partition coefficient (Wildman–Crippen LogP) is 0.864. The van der Waals surface area contributed by atoms with Gasteiger partial charge in [0.2, 0.25) is 0 Å². The summed E-state index contributed by atoms with van der Waals surface area (Å²) in [4.78, 5) is 21.1. The van der Waals surface area contributed by atoms with Gasteiger partial charge in [-0.1, -0.05) is 39.8 Å². The summed E-state index contributed by atoms with van der Waals surface area (Å²) in [7, 11) is 2.23. The molecule has 186 valence electrons. The molecule has 1 atom stereocenters. The number of allylic oxidation sites excluding steroid dienone is 1. The second kappa shape index (κ2) is 8.94. The molecule has 35 heavy (non-hydrogen) atoms. The first-order chi connectivity index (χ1) is 16.7. The summed E-state index contributed by atoms with van der Waals surface area (Å²) in [6, 6.07) is 2.54. The number of aryl methyl sites for hydroxylation is 1. The van der Waals surface area contributed by atoms with E-state index in [1.807, 2.05) is 0 Å². The Kier molecular flexibility index (Phi) is 6.08. The number of rotatable bonds is 4. The van der Waals surface area contributed by atoms with E-state index in [-0.39, 0.29) is 5.41 Å². The van der Waals surface area contributed by atoms with Crippen molar-refractivity contribution in [2.75, 3.05) is 38.1 Å². The molecule has 1 fully saturated rings. The molecule has 7 heteroatoms. The molecule has 0 saturated carbocycles. The topological polar surface area (TPSA) is 81.2 Å². The molecule has 3 aliphatic rings. The largest absolute Gasteiger partial charge is 0.383 e. The Balaban J connectivity index is 1.85. The number of H-pyrrole nitrogens is 1. The average molecular weight is 474 g/mol. The molecule has 0 aliphatic carbocycles. The number of aromatic amines is 1. The molecular formula is C28H39N7. The van der Waals surface area contributed by atoms with Gasteiger partial charge in [0.05, 0.1) is 11.9 Å². The van der Waals surface area contributed by atoms with E-state index in [0.29, 0.717) is 18.5 Å². The number of hydrogen-bond acceptors (Lipinski definition) is 6. The van der Waals surface area contributed by atoms with Crippen LogP contribution in [0.4, 0.5) is 5.82 Å². The fourth-order valence-corrected chi connectivity index (χ4v) is 5.81. The zero-order valence-electron chi connectivity index (χ0n) is 22.2. The number of fused-ring (bicyclic) bond motifs is 2. The van der Waals surface area contributed by atoms with Gasteiger partial charge in [-0.25, -0.2) is 9.97 Å². The van der Waals surface area contributed by atoms with Gasteiger partial charge in [-0.3, -0.25) is 4.99 Å². The van der Waals surface area contributed by atoms with Crippen LogP contribution in [-0.4, -0.2) is 54.2 Å². The lowest BCUT2D eigenvalue weighted by atomic mass is 9.79. The minimum absolute atomic E-state index is 0.133. The van der Waals surface area contributed by atoms with Crippen molar-refractivity contribution in [2.24, 2.45) is 16.3 Å². The third kappa shape index (κ3) is 4.20. The Morgan fingerprint density at radius 1 is 1.17 bits per heavy atom. The smallest absolute Gasteiger partial charge is 0.162 e. The Bertz CT molecular complexity index is 1420. The molecular weight excluding hydrogens is 434 g/mol. The molecule has 3 aliphatic heterocycles. The molecule has 0 spiro atoms. The first-order valence-corrected chi connectivity index (χ1v) is 12.9. The third-order valence-corrected chi connectivity index (χ3v) is 7.79. The highest BCUT2D eigenvalue weighted by atomic mass is 15.2. The molecule has 3 N–H and O–H groups in total. The van der Waals surface area contributed by atoms with Crippen molar-refractivity contribution in [3.8, 4) is 0 Å². The molecule has 5 heterocycles. The van der Waals surface area contributed by atoms with E-state index in [1.165, 1.54) is 10.8 Å². The summed E-state index contributed by atoms with van der Waals surface area (Å²) < 4.78 is 0. The van der Waals surface area contributed by atoms with Crippen molar-refractivity contribution in [3.05, 3.63) is 51.0 Å². The fraction of sp³-hybridized carbons (Fsp3) is 0.536. The van der Waals surface area contributed by atoms with E-state index < -0.39 is 0 Å². The highest BCUT2D eigenvalue weighted by Gasteiger charge is 2.36. The first-order valence-electron chi connectivity index (χ1n) is 12.9. The van der Waals surface area contributed by atoms with Gasteiger partial charge in [0.25, 0.3) is 0 Å². The molecule has 2 aromatic rings. The Morgan fingerprint density at radius 3 is 2.71 bits per heavy atom. The second-order valence-corrected chi connectivity index (χ2v) is 11.2. The molecule has 0 amide bonds. The summed E-state index contributed by atoms with van der Waals surface area (Å²) in [5.74, 6) is 2.21. The number of anilines is 1. The SMILES string of the molecule is CC1=c2nc(C3=c4cc(C)[nH]c4=NCC=C3)nc(N(C)C3CCNCC3(C)C)c2=C(C(C)C)CN1. The molecule has 5 rings (SSSR count). The quantitative estimate of drug-likeness (QED) is 0.614. The van der Waals surface area contributed by atoms with Gasteiger partial charge < -0.3 is 20.5 Å². The van der Waals surface area contributed by atoms with Crippen molar-refractivity contribution >= 4 is 22.7 Å². The molecule has 1 saturated heterocycles. The summed E-state index contributed by atoms with van der Waals surface area (Å²) >= 11 is 0. The molecule has 7 nitrogen and oxygen atoms in total. The Morgan fingerprint density at radius 2 is 1.97 bits per heavy atom. The monoisotopic (exact) mass is 473 g/mol. The lowest BCUT2D eigenvalue weighted by Crippen LogP contribution is -2.56. The van der Waals surface area contributed by atoms with Gasteiger partial charge >= 0.3 is 0 Å². The van der Waals surface area contributed by atoms with Gasteiger partial charge in [-0.15, -0.1) is 0 Å². The molecule has 0 aromatic carbocycles. The van der Waals surface area contributed by atoms with Crippen molar-refractivity contribution in [1.82, 2.24) is 25.6 Å². The van der Waals surface area contributed by atoms with Crippen LogP contribution in [0, 0.1) is 18.3 Å². The van der Waals surface area contributed by atoms with Crippen LogP contribution >= 0.6 is 0 Å². The highest BCUT2D eigenvalue weighted by Crippen LogP contribution is 2.31. The average Bonchev–Trinajstić information content (AvgIpc) is 3.06. The summed E-state index contributed by atoms with van der Waals surface area (Å²) in [5, 5.41) is 10.5. The number of nitrogens with zero attached hydrogens (tertiary/aromatic N) is 4. The summed E-state index contributed by atoms with van der Waals surface area (Å²) in [5.41, 5.74) is 5.65. The van der Waals surface area contributed by atoms with Crippen LogP contribution in [0.3, 0.4) is 0 Å². The van der Waals surface area contributed by atoms with Crippen LogP contribution in [0.1, 0.15) is 52.6 Å². The van der Waals surface area contributed by atoms with E-state index >= 15 is 0 Å². The third-order valence-electron chi connectivity index (χ3n) is 7.79. The summed E-state index contributed by atoms with van der Waals surface area (Å²) in [6.07, 6.45) is 5.33. The molecule has 0 bridgehead atoms. The van der Waals surface area contributed by atoms with Crippen LogP contribution in [0.15, 0.2) is 23.2 Å². The van der Waals surface area contributed by atoms with E-state index in [0.717, 1.165) is 70.7 Å². The van der Waals surface area contributed by atoms with E-state index in [2.05, 4.69) is 87.3 Å². The van der Waals surface area contributed by atoms with Gasteiger partial charge in [-0.2, -0.15) is 0 Å². The Labute approximate surface area is 207 Å². The zero-order chi connectivity index (χ0) is 24.9. The van der Waals surface area contributed by atoms with Crippen molar-refractivity contribution in [3.63, 3.8) is 0 Å². The normalized spacial score (nSPS) is 21.3. The van der Waals surface area contributed by atoms with Crippen molar-refractivity contribution < 1.29 is 0 Å². The highest BCUT2D eigenvalue weighted by molar-refractivity contribution is 5.72. The summed E-state index contributed by atoms with van der Waals surface area (Å²) in [6.45, 7) is 17.0. The van der Waals surface area contributed by atoms with Crippen LogP contribution in [0.25, 0.3) is 16.8 Å².